The van der Waals surface area contributed by atoms with Crippen LogP contribution in [0.1, 0.15) is 59.4 Å². The molecular weight excluding hydrogens is 396 g/mol. The molecule has 1 aliphatic heterocycles. The lowest BCUT2D eigenvalue weighted by atomic mass is 9.97. The lowest BCUT2D eigenvalue weighted by molar-refractivity contribution is 0.0714. The van der Waals surface area contributed by atoms with Crippen molar-refractivity contribution >= 4 is 33.3 Å². The normalized spacial score (nSPS) is 16.8. The molecule has 4 heterocycles. The molecule has 158 valence electrons. The largest absolute Gasteiger partial charge is 0.459 e. The Hall–Kier alpha value is -2.41. The SMILES string of the molecule is CCCCc1nc(N2CCN(C(=O)c3ccco3)CC2)c2c3c(sc2n1)CCCC3. The minimum Gasteiger partial charge on any atom is -0.459 e. The summed E-state index contributed by atoms with van der Waals surface area (Å²) in [6.07, 6.45) is 9.58. The van der Waals surface area contributed by atoms with Gasteiger partial charge in [-0.1, -0.05) is 13.3 Å². The number of piperazine rings is 1. The molecule has 3 aromatic heterocycles. The van der Waals surface area contributed by atoms with E-state index in [2.05, 4.69) is 11.8 Å². The molecule has 2 aliphatic rings. The van der Waals surface area contributed by atoms with Crippen molar-refractivity contribution < 1.29 is 9.21 Å². The van der Waals surface area contributed by atoms with Crippen LogP contribution in [0, 0.1) is 0 Å². The molecule has 0 saturated carbocycles. The maximum Gasteiger partial charge on any atom is 0.289 e. The van der Waals surface area contributed by atoms with E-state index in [1.165, 1.54) is 35.1 Å². The number of thiophene rings is 1. The predicted octanol–water partition coefficient (Wildman–Crippen LogP) is 4.47. The van der Waals surface area contributed by atoms with Crippen molar-refractivity contribution in [2.24, 2.45) is 0 Å². The molecule has 7 heteroatoms. The third-order valence-electron chi connectivity index (χ3n) is 6.19. The summed E-state index contributed by atoms with van der Waals surface area (Å²) < 4.78 is 5.30. The topological polar surface area (TPSA) is 62.5 Å². The first kappa shape index (κ1) is 19.5. The summed E-state index contributed by atoms with van der Waals surface area (Å²) in [5.41, 5.74) is 1.48. The molecule has 5 rings (SSSR count). The van der Waals surface area contributed by atoms with E-state index in [0.29, 0.717) is 18.8 Å². The van der Waals surface area contributed by atoms with Crippen LogP contribution >= 0.6 is 11.3 Å². The summed E-state index contributed by atoms with van der Waals surface area (Å²) in [5.74, 6) is 2.45. The number of anilines is 1. The highest BCUT2D eigenvalue weighted by molar-refractivity contribution is 7.19. The van der Waals surface area contributed by atoms with Crippen molar-refractivity contribution in [1.29, 1.82) is 0 Å². The number of amides is 1. The van der Waals surface area contributed by atoms with Crippen LogP contribution < -0.4 is 4.90 Å². The third kappa shape index (κ3) is 3.60. The molecule has 3 aromatic rings. The third-order valence-corrected chi connectivity index (χ3v) is 7.38. The zero-order valence-corrected chi connectivity index (χ0v) is 18.3. The molecule has 1 aliphatic carbocycles. The van der Waals surface area contributed by atoms with E-state index < -0.39 is 0 Å². The van der Waals surface area contributed by atoms with Gasteiger partial charge in [-0.2, -0.15) is 0 Å². The first-order valence-electron chi connectivity index (χ1n) is 11.1. The van der Waals surface area contributed by atoms with E-state index in [1.54, 1.807) is 18.4 Å². The lowest BCUT2D eigenvalue weighted by Gasteiger charge is -2.35. The molecule has 1 saturated heterocycles. The van der Waals surface area contributed by atoms with Gasteiger partial charge >= 0.3 is 0 Å². The van der Waals surface area contributed by atoms with Crippen LogP contribution in [0.15, 0.2) is 22.8 Å². The van der Waals surface area contributed by atoms with Crippen molar-refractivity contribution in [2.45, 2.75) is 51.9 Å². The number of aryl methyl sites for hydroxylation is 3. The summed E-state index contributed by atoms with van der Waals surface area (Å²) in [5, 5.41) is 1.28. The van der Waals surface area contributed by atoms with Gasteiger partial charge in [0.2, 0.25) is 0 Å². The van der Waals surface area contributed by atoms with E-state index >= 15 is 0 Å². The Kier molecular flexibility index (Phi) is 5.46. The van der Waals surface area contributed by atoms with Gasteiger partial charge in [0.25, 0.3) is 5.91 Å². The van der Waals surface area contributed by atoms with Gasteiger partial charge in [0.1, 0.15) is 16.5 Å². The molecule has 6 nitrogen and oxygen atoms in total. The van der Waals surface area contributed by atoms with Crippen molar-refractivity contribution in [3.05, 3.63) is 40.4 Å². The summed E-state index contributed by atoms with van der Waals surface area (Å²) in [4.78, 5) is 29.6. The minimum atomic E-state index is -0.0240. The Morgan fingerprint density at radius 1 is 1.17 bits per heavy atom. The average Bonchev–Trinajstić information content (AvgIpc) is 3.45. The monoisotopic (exact) mass is 424 g/mol. The Balaban J connectivity index is 1.44. The number of furan rings is 1. The van der Waals surface area contributed by atoms with Crippen molar-refractivity contribution in [1.82, 2.24) is 14.9 Å². The fraction of sp³-hybridized carbons (Fsp3) is 0.522. The molecule has 0 unspecified atom stereocenters. The molecule has 1 amide bonds. The van der Waals surface area contributed by atoms with E-state index in [9.17, 15) is 4.79 Å². The van der Waals surface area contributed by atoms with Gasteiger partial charge in [0, 0.05) is 37.5 Å². The molecule has 0 atom stereocenters. The lowest BCUT2D eigenvalue weighted by Crippen LogP contribution is -2.49. The van der Waals surface area contributed by atoms with Crippen LogP contribution in [0.2, 0.25) is 0 Å². The Bertz CT molecular complexity index is 1040. The van der Waals surface area contributed by atoms with E-state index in [0.717, 1.165) is 55.2 Å². The maximum atomic E-state index is 12.6. The highest BCUT2D eigenvalue weighted by Gasteiger charge is 2.28. The average molecular weight is 425 g/mol. The number of unbranched alkanes of at least 4 members (excludes halogenated alkanes) is 1. The highest BCUT2D eigenvalue weighted by atomic mass is 32.1. The predicted molar refractivity (Wildman–Crippen MR) is 119 cm³/mol. The van der Waals surface area contributed by atoms with Crippen LogP contribution in [0.4, 0.5) is 5.82 Å². The number of hydrogen-bond acceptors (Lipinski definition) is 6. The number of aromatic nitrogens is 2. The van der Waals surface area contributed by atoms with Crippen LogP contribution in [-0.4, -0.2) is 47.0 Å². The van der Waals surface area contributed by atoms with Crippen LogP contribution in [0.3, 0.4) is 0 Å². The summed E-state index contributed by atoms with van der Waals surface area (Å²) in [7, 11) is 0. The maximum absolute atomic E-state index is 12.6. The standard InChI is InChI=1S/C23H28N4O2S/c1-2-3-10-19-24-21(20-16-7-4-5-9-18(16)30-22(20)25-19)26-11-13-27(14-12-26)23(28)17-8-6-15-29-17/h6,8,15H,2-5,7,9-14H2,1H3. The summed E-state index contributed by atoms with van der Waals surface area (Å²) in [6, 6.07) is 3.50. The number of carbonyl (C=O) groups is 1. The number of rotatable bonds is 5. The van der Waals surface area contributed by atoms with Crippen molar-refractivity contribution in [3.63, 3.8) is 0 Å². The second kappa shape index (κ2) is 8.38. The van der Waals surface area contributed by atoms with Gasteiger partial charge in [0.15, 0.2) is 5.76 Å². The fourth-order valence-electron chi connectivity index (χ4n) is 4.53. The number of carbonyl (C=O) groups excluding carboxylic acids is 1. The minimum absolute atomic E-state index is 0.0240. The zero-order valence-electron chi connectivity index (χ0n) is 17.5. The zero-order chi connectivity index (χ0) is 20.5. The molecular formula is C23H28N4O2S. The molecule has 0 bridgehead atoms. The van der Waals surface area contributed by atoms with Gasteiger partial charge in [0.05, 0.1) is 11.6 Å². The number of hydrogen-bond donors (Lipinski definition) is 0. The van der Waals surface area contributed by atoms with E-state index in [1.807, 2.05) is 16.2 Å². The molecule has 0 radical (unpaired) electrons. The van der Waals surface area contributed by atoms with Gasteiger partial charge in [-0.05, 0) is 49.8 Å². The molecule has 0 N–H and O–H groups in total. The van der Waals surface area contributed by atoms with Crippen LogP contribution in [-0.2, 0) is 19.3 Å². The number of nitrogens with zero attached hydrogens (tertiary/aromatic N) is 4. The van der Waals surface area contributed by atoms with Crippen LogP contribution in [0.5, 0.6) is 0 Å². The van der Waals surface area contributed by atoms with Crippen molar-refractivity contribution in [3.8, 4) is 0 Å². The van der Waals surface area contributed by atoms with Gasteiger partial charge in [-0.25, -0.2) is 9.97 Å². The van der Waals surface area contributed by atoms with E-state index in [-0.39, 0.29) is 5.91 Å². The first-order valence-corrected chi connectivity index (χ1v) is 11.9. The number of fused-ring (bicyclic) bond motifs is 3. The van der Waals surface area contributed by atoms with Gasteiger partial charge in [-0.3, -0.25) is 4.79 Å². The Labute approximate surface area is 180 Å². The second-order valence-electron chi connectivity index (χ2n) is 8.21. The Morgan fingerprint density at radius 2 is 2.00 bits per heavy atom. The van der Waals surface area contributed by atoms with Gasteiger partial charge in [-0.15, -0.1) is 11.3 Å². The smallest absolute Gasteiger partial charge is 0.289 e. The first-order chi connectivity index (χ1) is 14.7. The second-order valence-corrected chi connectivity index (χ2v) is 9.30. The highest BCUT2D eigenvalue weighted by Crippen LogP contribution is 2.40. The Morgan fingerprint density at radius 3 is 2.77 bits per heavy atom. The van der Waals surface area contributed by atoms with Crippen molar-refractivity contribution in [2.75, 3.05) is 31.1 Å². The summed E-state index contributed by atoms with van der Waals surface area (Å²) >= 11 is 1.87. The van der Waals surface area contributed by atoms with Crippen LogP contribution in [0.25, 0.3) is 10.2 Å². The quantitative estimate of drug-likeness (QED) is 0.605. The molecule has 0 aromatic carbocycles. The fourth-order valence-corrected chi connectivity index (χ4v) is 5.81. The molecule has 0 spiro atoms. The van der Waals surface area contributed by atoms with E-state index in [4.69, 9.17) is 14.4 Å². The summed E-state index contributed by atoms with van der Waals surface area (Å²) in [6.45, 7) is 5.15. The molecule has 30 heavy (non-hydrogen) atoms. The molecule has 1 fully saturated rings. The van der Waals surface area contributed by atoms with Gasteiger partial charge < -0.3 is 14.2 Å².